The molecule has 0 saturated carbocycles. The van der Waals surface area contributed by atoms with Gasteiger partial charge in [0.15, 0.2) is 0 Å². The van der Waals surface area contributed by atoms with Gasteiger partial charge < -0.3 is 9.88 Å². The molecule has 1 heterocycles. The lowest BCUT2D eigenvalue weighted by atomic mass is 10.1. The van der Waals surface area contributed by atoms with Crippen LogP contribution in [-0.4, -0.2) is 10.5 Å². The van der Waals surface area contributed by atoms with E-state index in [1.165, 1.54) is 18.3 Å². The van der Waals surface area contributed by atoms with Gasteiger partial charge >= 0.3 is 0 Å². The zero-order chi connectivity index (χ0) is 16.6. The van der Waals surface area contributed by atoms with Crippen molar-refractivity contribution in [3.05, 3.63) is 75.3 Å². The maximum Gasteiger partial charge on any atom is 0.261 e. The third-order valence-corrected chi connectivity index (χ3v) is 3.71. The van der Waals surface area contributed by atoms with Crippen LogP contribution in [0.1, 0.15) is 10.4 Å². The van der Waals surface area contributed by atoms with E-state index in [-0.39, 0.29) is 10.9 Å². The van der Waals surface area contributed by atoms with Gasteiger partial charge in [0.25, 0.3) is 5.91 Å². The number of halogens is 2. The van der Waals surface area contributed by atoms with Crippen molar-refractivity contribution in [2.45, 2.75) is 0 Å². The number of pyridine rings is 1. The molecule has 0 aliphatic rings. The van der Waals surface area contributed by atoms with E-state index >= 15 is 0 Å². The molecule has 1 N–H and O–H groups in total. The number of carbonyl (C=O) groups excluding carboxylic acids is 1. The third kappa shape index (κ3) is 2.96. The van der Waals surface area contributed by atoms with Gasteiger partial charge in [0.2, 0.25) is 5.43 Å². The number of rotatable bonds is 2. The Bertz CT molecular complexity index is 982. The maximum absolute atomic E-state index is 13.4. The highest BCUT2D eigenvalue weighted by Crippen LogP contribution is 2.17. The second-order valence-electron chi connectivity index (χ2n) is 5.11. The SMILES string of the molecule is Cn1cc(C(=O)Nc2cccc(Cl)c2)c(=O)c2cc(F)ccc21. The first kappa shape index (κ1) is 15.2. The Labute approximate surface area is 136 Å². The van der Waals surface area contributed by atoms with Crippen LogP contribution >= 0.6 is 11.6 Å². The molecule has 0 saturated heterocycles. The molecule has 2 aromatic carbocycles. The lowest BCUT2D eigenvalue weighted by Crippen LogP contribution is -2.23. The van der Waals surface area contributed by atoms with Gasteiger partial charge in [0.05, 0.1) is 5.52 Å². The number of hydrogen-bond acceptors (Lipinski definition) is 2. The molecule has 0 aliphatic carbocycles. The Morgan fingerprint density at radius 3 is 2.74 bits per heavy atom. The molecule has 23 heavy (non-hydrogen) atoms. The smallest absolute Gasteiger partial charge is 0.261 e. The quantitative estimate of drug-likeness (QED) is 0.780. The van der Waals surface area contributed by atoms with Gasteiger partial charge in [-0.1, -0.05) is 17.7 Å². The van der Waals surface area contributed by atoms with Crippen molar-refractivity contribution >= 4 is 34.1 Å². The molecule has 6 heteroatoms. The van der Waals surface area contributed by atoms with Crippen LogP contribution in [0.3, 0.4) is 0 Å². The number of anilines is 1. The van der Waals surface area contributed by atoms with Crippen molar-refractivity contribution in [3.8, 4) is 0 Å². The predicted octanol–water partition coefficient (Wildman–Crippen LogP) is 3.58. The number of nitrogens with zero attached hydrogens (tertiary/aromatic N) is 1. The molecule has 0 bridgehead atoms. The summed E-state index contributed by atoms with van der Waals surface area (Å²) < 4.78 is 15.0. The first-order chi connectivity index (χ1) is 11.0. The number of amides is 1. The zero-order valence-corrected chi connectivity index (χ0v) is 12.9. The minimum Gasteiger partial charge on any atom is -0.350 e. The van der Waals surface area contributed by atoms with Gasteiger partial charge in [0, 0.05) is 29.3 Å². The number of carbonyl (C=O) groups is 1. The van der Waals surface area contributed by atoms with E-state index in [4.69, 9.17) is 11.6 Å². The van der Waals surface area contributed by atoms with Crippen LogP contribution in [-0.2, 0) is 7.05 Å². The lowest BCUT2D eigenvalue weighted by Gasteiger charge is -2.10. The van der Waals surface area contributed by atoms with Crippen molar-refractivity contribution in [3.63, 3.8) is 0 Å². The standard InChI is InChI=1S/C17H12ClFN2O2/c1-21-9-14(16(22)13-8-11(19)5-6-15(13)21)17(23)20-12-4-2-3-10(18)7-12/h2-9H,1H3,(H,20,23). The number of fused-ring (bicyclic) bond motifs is 1. The van der Waals surface area contributed by atoms with Gasteiger partial charge in [-0.2, -0.15) is 0 Å². The summed E-state index contributed by atoms with van der Waals surface area (Å²) in [4.78, 5) is 24.8. The van der Waals surface area contributed by atoms with E-state index in [0.29, 0.717) is 16.2 Å². The van der Waals surface area contributed by atoms with Crippen molar-refractivity contribution in [2.75, 3.05) is 5.32 Å². The van der Waals surface area contributed by atoms with Gasteiger partial charge in [-0.05, 0) is 36.4 Å². The Balaban J connectivity index is 2.07. The average molecular weight is 331 g/mol. The van der Waals surface area contributed by atoms with Crippen LogP contribution in [0.5, 0.6) is 0 Å². The third-order valence-electron chi connectivity index (χ3n) is 3.48. The monoisotopic (exact) mass is 330 g/mol. The lowest BCUT2D eigenvalue weighted by molar-refractivity contribution is 0.102. The van der Waals surface area contributed by atoms with Crippen LogP contribution in [0.2, 0.25) is 5.02 Å². The molecule has 0 fully saturated rings. The predicted molar refractivity (Wildman–Crippen MR) is 88.6 cm³/mol. The summed E-state index contributed by atoms with van der Waals surface area (Å²) in [6, 6.07) is 10.5. The van der Waals surface area contributed by atoms with E-state index in [1.54, 1.807) is 35.9 Å². The van der Waals surface area contributed by atoms with E-state index in [2.05, 4.69) is 5.32 Å². The summed E-state index contributed by atoms with van der Waals surface area (Å²) in [6.07, 6.45) is 1.43. The highest BCUT2D eigenvalue weighted by molar-refractivity contribution is 6.31. The first-order valence-electron chi connectivity index (χ1n) is 6.81. The fourth-order valence-corrected chi connectivity index (χ4v) is 2.58. The van der Waals surface area contributed by atoms with Gasteiger partial charge in [-0.15, -0.1) is 0 Å². The van der Waals surface area contributed by atoms with E-state index in [9.17, 15) is 14.0 Å². The molecule has 116 valence electrons. The van der Waals surface area contributed by atoms with E-state index in [1.807, 2.05) is 0 Å². The summed E-state index contributed by atoms with van der Waals surface area (Å²) in [7, 11) is 1.69. The zero-order valence-electron chi connectivity index (χ0n) is 12.1. The molecule has 0 aliphatic heterocycles. The largest absolute Gasteiger partial charge is 0.350 e. The molecule has 1 amide bonds. The first-order valence-corrected chi connectivity index (χ1v) is 7.19. The number of hydrogen-bond donors (Lipinski definition) is 1. The summed E-state index contributed by atoms with van der Waals surface area (Å²) in [5.74, 6) is -1.10. The molecule has 1 aromatic heterocycles. The maximum atomic E-state index is 13.4. The fraction of sp³-hybridized carbons (Fsp3) is 0.0588. The normalized spacial score (nSPS) is 10.7. The summed E-state index contributed by atoms with van der Waals surface area (Å²) in [5.41, 5.74) is 0.447. The number of nitrogens with one attached hydrogen (secondary N) is 1. The Kier molecular flexibility index (Phi) is 3.88. The van der Waals surface area contributed by atoms with Gasteiger partial charge in [0.1, 0.15) is 11.4 Å². The van der Waals surface area contributed by atoms with Crippen molar-refractivity contribution in [1.29, 1.82) is 0 Å². The summed E-state index contributed by atoms with van der Waals surface area (Å²) >= 11 is 5.87. The molecular formula is C17H12ClFN2O2. The van der Waals surface area contributed by atoms with Gasteiger partial charge in [-0.3, -0.25) is 9.59 Å². The Hall–Kier alpha value is -2.66. The average Bonchev–Trinajstić information content (AvgIpc) is 2.50. The summed E-state index contributed by atoms with van der Waals surface area (Å²) in [5, 5.41) is 3.24. The van der Waals surface area contributed by atoms with Gasteiger partial charge in [-0.25, -0.2) is 4.39 Å². The molecule has 0 unspecified atom stereocenters. The van der Waals surface area contributed by atoms with E-state index < -0.39 is 17.2 Å². The minimum absolute atomic E-state index is 0.0643. The van der Waals surface area contributed by atoms with Crippen molar-refractivity contribution < 1.29 is 9.18 Å². The van der Waals surface area contributed by atoms with Crippen LogP contribution in [0.4, 0.5) is 10.1 Å². The highest BCUT2D eigenvalue weighted by Gasteiger charge is 2.15. The highest BCUT2D eigenvalue weighted by atomic mass is 35.5. The second-order valence-corrected chi connectivity index (χ2v) is 5.55. The van der Waals surface area contributed by atoms with Crippen LogP contribution in [0.25, 0.3) is 10.9 Å². The number of aryl methyl sites for hydroxylation is 1. The molecule has 3 aromatic rings. The topological polar surface area (TPSA) is 51.1 Å². The molecule has 0 spiro atoms. The van der Waals surface area contributed by atoms with Crippen molar-refractivity contribution in [2.24, 2.45) is 7.05 Å². The van der Waals surface area contributed by atoms with Crippen LogP contribution in [0.15, 0.2) is 53.5 Å². The Morgan fingerprint density at radius 1 is 1.22 bits per heavy atom. The molecule has 4 nitrogen and oxygen atoms in total. The number of benzene rings is 2. The molecule has 0 radical (unpaired) electrons. The summed E-state index contributed by atoms with van der Waals surface area (Å²) in [6.45, 7) is 0. The molecular weight excluding hydrogens is 319 g/mol. The number of aromatic nitrogens is 1. The van der Waals surface area contributed by atoms with Crippen molar-refractivity contribution in [1.82, 2.24) is 4.57 Å². The van der Waals surface area contributed by atoms with Crippen LogP contribution < -0.4 is 10.7 Å². The van der Waals surface area contributed by atoms with Crippen LogP contribution in [0, 0.1) is 5.82 Å². The molecule has 3 rings (SSSR count). The second kappa shape index (κ2) is 5.85. The Morgan fingerprint density at radius 2 is 2.00 bits per heavy atom. The van der Waals surface area contributed by atoms with E-state index in [0.717, 1.165) is 6.07 Å². The fourth-order valence-electron chi connectivity index (χ4n) is 2.39. The minimum atomic E-state index is -0.570. The molecule has 0 atom stereocenters.